The van der Waals surface area contributed by atoms with Crippen molar-refractivity contribution in [3.05, 3.63) is 47.9 Å². The zero-order valence-electron chi connectivity index (χ0n) is 19.1. The van der Waals surface area contributed by atoms with Gasteiger partial charge in [0.15, 0.2) is 0 Å². The fraction of sp³-hybridized carbons (Fsp3) is 0.478. The molecule has 1 aromatic carbocycles. The molecule has 2 rings (SSSR count). The summed E-state index contributed by atoms with van der Waals surface area (Å²) in [7, 11) is 3.24. The largest absolute Gasteiger partial charge is 0.458 e. The van der Waals surface area contributed by atoms with Crippen LogP contribution in [0.2, 0.25) is 0 Å². The van der Waals surface area contributed by atoms with Gasteiger partial charge in [0.05, 0.1) is 0 Å². The molecule has 2 aromatic rings. The summed E-state index contributed by atoms with van der Waals surface area (Å²) in [6.45, 7) is 7.59. The van der Waals surface area contributed by atoms with Gasteiger partial charge in [-0.05, 0) is 44.9 Å². The molecule has 0 saturated carbocycles. The minimum atomic E-state index is -0.639. The molecule has 1 heterocycles. The van der Waals surface area contributed by atoms with Crippen LogP contribution in [-0.2, 0) is 22.4 Å². The van der Waals surface area contributed by atoms with Crippen molar-refractivity contribution in [3.8, 4) is 5.75 Å². The SMILES string of the molecule is CCCc1cncnc1N[C@@H](Cc1ccc(OC(=O)N(C)C)cc1)C(=O)OC(C)(C)C. The van der Waals surface area contributed by atoms with E-state index in [9.17, 15) is 9.59 Å². The highest BCUT2D eigenvalue weighted by molar-refractivity contribution is 5.80. The average molecular weight is 429 g/mol. The first kappa shape index (κ1) is 24.1. The van der Waals surface area contributed by atoms with Crippen LogP contribution in [0.25, 0.3) is 0 Å². The first-order valence-electron chi connectivity index (χ1n) is 10.4. The topological polar surface area (TPSA) is 93.7 Å². The second-order valence-electron chi connectivity index (χ2n) is 8.49. The van der Waals surface area contributed by atoms with Gasteiger partial charge in [0.2, 0.25) is 0 Å². The molecule has 0 saturated heterocycles. The van der Waals surface area contributed by atoms with Gasteiger partial charge in [-0.25, -0.2) is 19.6 Å². The lowest BCUT2D eigenvalue weighted by Gasteiger charge is -2.25. The van der Waals surface area contributed by atoms with Crippen molar-refractivity contribution in [1.82, 2.24) is 14.9 Å². The summed E-state index contributed by atoms with van der Waals surface area (Å²) in [5.74, 6) is 0.700. The summed E-state index contributed by atoms with van der Waals surface area (Å²) < 4.78 is 10.9. The van der Waals surface area contributed by atoms with Crippen LogP contribution in [0.1, 0.15) is 45.2 Å². The number of aryl methyl sites for hydroxylation is 1. The lowest BCUT2D eigenvalue weighted by molar-refractivity contribution is -0.155. The molecule has 31 heavy (non-hydrogen) atoms. The minimum Gasteiger partial charge on any atom is -0.458 e. The molecular formula is C23H32N4O4. The summed E-state index contributed by atoms with van der Waals surface area (Å²) >= 11 is 0. The van der Waals surface area contributed by atoms with Crippen LogP contribution in [-0.4, -0.2) is 52.7 Å². The van der Waals surface area contributed by atoms with Gasteiger partial charge in [0.1, 0.15) is 29.5 Å². The first-order valence-corrected chi connectivity index (χ1v) is 10.4. The van der Waals surface area contributed by atoms with E-state index in [1.807, 2.05) is 32.9 Å². The van der Waals surface area contributed by atoms with Crippen LogP contribution in [0.5, 0.6) is 5.75 Å². The molecule has 168 valence electrons. The number of carbonyl (C=O) groups is 2. The number of aromatic nitrogens is 2. The Labute approximate surface area is 184 Å². The Bertz CT molecular complexity index is 876. The highest BCUT2D eigenvalue weighted by Crippen LogP contribution is 2.20. The number of esters is 1. The number of ether oxygens (including phenoxy) is 2. The number of amides is 1. The van der Waals surface area contributed by atoms with Gasteiger partial charge in [0, 0.05) is 32.3 Å². The number of nitrogens with zero attached hydrogens (tertiary/aromatic N) is 3. The molecule has 8 heteroatoms. The summed E-state index contributed by atoms with van der Waals surface area (Å²) in [4.78, 5) is 34.4. The Morgan fingerprint density at radius 2 is 1.84 bits per heavy atom. The summed E-state index contributed by atoms with van der Waals surface area (Å²) in [5.41, 5.74) is 1.22. The standard InChI is InChI=1S/C23H32N4O4/c1-7-8-17-14-24-15-25-20(17)26-19(21(28)31-23(2,3)4)13-16-9-11-18(12-10-16)30-22(29)27(5)6/h9-12,14-15,19H,7-8,13H2,1-6H3,(H,24,25,26)/t19-/m0/s1. The first-order chi connectivity index (χ1) is 14.6. The lowest BCUT2D eigenvalue weighted by Crippen LogP contribution is -2.38. The van der Waals surface area contributed by atoms with Crippen LogP contribution in [0.3, 0.4) is 0 Å². The van der Waals surface area contributed by atoms with Crippen LogP contribution in [0.15, 0.2) is 36.8 Å². The molecule has 0 radical (unpaired) electrons. The van der Waals surface area contributed by atoms with Crippen molar-refractivity contribution in [3.63, 3.8) is 0 Å². The van der Waals surface area contributed by atoms with Gasteiger partial charge in [-0.2, -0.15) is 0 Å². The number of hydrogen-bond acceptors (Lipinski definition) is 7. The monoisotopic (exact) mass is 428 g/mol. The van der Waals surface area contributed by atoms with E-state index in [0.29, 0.717) is 18.0 Å². The molecule has 8 nitrogen and oxygen atoms in total. The highest BCUT2D eigenvalue weighted by atomic mass is 16.6. The van der Waals surface area contributed by atoms with Gasteiger partial charge in [0.25, 0.3) is 0 Å². The number of rotatable bonds is 8. The number of hydrogen-bond donors (Lipinski definition) is 1. The molecule has 0 aliphatic rings. The van der Waals surface area contributed by atoms with Crippen molar-refractivity contribution in [1.29, 1.82) is 0 Å². The van der Waals surface area contributed by atoms with Crippen LogP contribution < -0.4 is 10.1 Å². The maximum atomic E-state index is 12.9. The van der Waals surface area contributed by atoms with Gasteiger partial charge in [-0.3, -0.25) is 0 Å². The Kier molecular flexibility index (Phi) is 8.36. The van der Waals surface area contributed by atoms with Crippen LogP contribution in [0.4, 0.5) is 10.6 Å². The molecule has 1 amide bonds. The average Bonchev–Trinajstić information content (AvgIpc) is 2.69. The third kappa shape index (κ3) is 7.88. The smallest absolute Gasteiger partial charge is 0.414 e. The van der Waals surface area contributed by atoms with Gasteiger partial charge >= 0.3 is 12.1 Å². The highest BCUT2D eigenvalue weighted by Gasteiger charge is 2.26. The van der Waals surface area contributed by atoms with E-state index in [2.05, 4.69) is 22.2 Å². The predicted molar refractivity (Wildman–Crippen MR) is 119 cm³/mol. The predicted octanol–water partition coefficient (Wildman–Crippen LogP) is 3.85. The van der Waals surface area contributed by atoms with E-state index >= 15 is 0 Å². The molecular weight excluding hydrogens is 396 g/mol. The number of nitrogens with one attached hydrogen (secondary N) is 1. The van der Waals surface area contributed by atoms with E-state index in [1.165, 1.54) is 11.2 Å². The summed E-state index contributed by atoms with van der Waals surface area (Å²) in [5, 5.41) is 3.25. The lowest BCUT2D eigenvalue weighted by atomic mass is 10.0. The van der Waals surface area contributed by atoms with Crippen LogP contribution >= 0.6 is 0 Å². The Morgan fingerprint density at radius 1 is 1.16 bits per heavy atom. The van der Waals surface area contributed by atoms with E-state index in [0.717, 1.165) is 24.0 Å². The Hall–Kier alpha value is -3.16. The summed E-state index contributed by atoms with van der Waals surface area (Å²) in [6.07, 6.45) is 4.89. The van der Waals surface area contributed by atoms with E-state index in [-0.39, 0.29) is 5.97 Å². The molecule has 0 unspecified atom stereocenters. The van der Waals surface area contributed by atoms with E-state index in [1.54, 1.807) is 32.4 Å². The molecule has 0 fully saturated rings. The number of benzene rings is 1. The molecule has 0 bridgehead atoms. The van der Waals surface area contributed by atoms with E-state index < -0.39 is 17.7 Å². The number of anilines is 1. The normalized spacial score (nSPS) is 12.1. The maximum Gasteiger partial charge on any atom is 0.414 e. The fourth-order valence-corrected chi connectivity index (χ4v) is 2.79. The third-order valence-corrected chi connectivity index (χ3v) is 4.24. The third-order valence-electron chi connectivity index (χ3n) is 4.24. The second kappa shape index (κ2) is 10.7. The molecule has 1 N–H and O–H groups in total. The molecule has 1 aromatic heterocycles. The Morgan fingerprint density at radius 3 is 2.42 bits per heavy atom. The zero-order valence-corrected chi connectivity index (χ0v) is 19.1. The molecule has 0 aliphatic carbocycles. The quantitative estimate of drug-likeness (QED) is 0.638. The summed E-state index contributed by atoms with van der Waals surface area (Å²) in [6, 6.07) is 6.42. The molecule has 1 atom stereocenters. The van der Waals surface area contributed by atoms with E-state index in [4.69, 9.17) is 9.47 Å². The van der Waals surface area contributed by atoms with Crippen molar-refractivity contribution in [2.45, 2.75) is 58.6 Å². The Balaban J connectivity index is 2.21. The van der Waals surface area contributed by atoms with Gasteiger partial charge in [-0.1, -0.05) is 25.5 Å². The zero-order chi connectivity index (χ0) is 23.0. The maximum absolute atomic E-state index is 12.9. The van der Waals surface area contributed by atoms with Crippen molar-refractivity contribution < 1.29 is 19.1 Å². The van der Waals surface area contributed by atoms with Crippen LogP contribution in [0, 0.1) is 0 Å². The second-order valence-corrected chi connectivity index (χ2v) is 8.49. The fourth-order valence-electron chi connectivity index (χ4n) is 2.79. The molecule has 0 spiro atoms. The molecule has 0 aliphatic heterocycles. The minimum absolute atomic E-state index is 0.364. The van der Waals surface area contributed by atoms with Crippen molar-refractivity contribution in [2.75, 3.05) is 19.4 Å². The van der Waals surface area contributed by atoms with Gasteiger partial charge < -0.3 is 19.7 Å². The van der Waals surface area contributed by atoms with Crippen molar-refractivity contribution >= 4 is 17.9 Å². The van der Waals surface area contributed by atoms with Gasteiger partial charge in [-0.15, -0.1) is 0 Å². The van der Waals surface area contributed by atoms with Crippen molar-refractivity contribution in [2.24, 2.45) is 0 Å². The number of carbonyl (C=O) groups excluding carboxylic acids is 2.